The molecule has 4 rings (SSSR count). The summed E-state index contributed by atoms with van der Waals surface area (Å²) in [7, 11) is 1.60. The molecule has 6 heteroatoms. The topological polar surface area (TPSA) is 55.2 Å². The number of hydrogen-bond donors (Lipinski definition) is 0. The average molecular weight is 354 g/mol. The lowest BCUT2D eigenvalue weighted by atomic mass is 10.2. The van der Waals surface area contributed by atoms with Gasteiger partial charge in [-0.15, -0.1) is 0 Å². The number of para-hydroxylation sites is 1. The molecule has 3 heterocycles. The maximum Gasteiger partial charge on any atom is 0.269 e. The molecule has 0 bridgehead atoms. The number of carbonyl (C=O) groups is 1. The molecule has 1 aliphatic heterocycles. The van der Waals surface area contributed by atoms with E-state index < -0.39 is 0 Å². The highest BCUT2D eigenvalue weighted by Crippen LogP contribution is 2.26. The van der Waals surface area contributed by atoms with Crippen LogP contribution in [0.4, 0.5) is 0 Å². The first-order chi connectivity index (χ1) is 12.0. The van der Waals surface area contributed by atoms with Gasteiger partial charge in [0.25, 0.3) is 11.5 Å². The molecule has 0 atom stereocenters. The lowest BCUT2D eigenvalue weighted by Gasteiger charge is -2.15. The predicted octanol–water partition coefficient (Wildman–Crippen LogP) is 2.79. The lowest BCUT2D eigenvalue weighted by Crippen LogP contribution is -2.26. The van der Waals surface area contributed by atoms with E-state index in [9.17, 15) is 9.59 Å². The molecule has 0 saturated heterocycles. The van der Waals surface area contributed by atoms with Crippen molar-refractivity contribution in [2.24, 2.45) is 7.05 Å². The normalized spacial score (nSPS) is 13.5. The first-order valence-electron chi connectivity index (χ1n) is 8.06. The molecule has 0 unspecified atom stereocenters. The summed E-state index contributed by atoms with van der Waals surface area (Å²) in [6.07, 6.45) is 2.22. The number of benzene rings is 1. The molecule has 0 spiro atoms. The van der Waals surface area contributed by atoms with Crippen molar-refractivity contribution in [1.82, 2.24) is 14.5 Å². The Balaban J connectivity index is 1.55. The van der Waals surface area contributed by atoms with Crippen molar-refractivity contribution in [3.8, 4) is 0 Å². The summed E-state index contributed by atoms with van der Waals surface area (Å²) < 4.78 is 1.35. The summed E-state index contributed by atoms with van der Waals surface area (Å²) in [6, 6.07) is 12.0. The molecule has 25 heavy (non-hydrogen) atoms. The van der Waals surface area contributed by atoms with Crippen molar-refractivity contribution >= 4 is 28.4 Å². The first kappa shape index (κ1) is 15.8. The van der Waals surface area contributed by atoms with Crippen LogP contribution in [0.2, 0.25) is 5.02 Å². The summed E-state index contributed by atoms with van der Waals surface area (Å²) >= 11 is 6.13. The number of aromatic nitrogens is 2. The summed E-state index contributed by atoms with van der Waals surface area (Å²) in [6.45, 7) is 0.906. The molecule has 1 aliphatic rings. The van der Waals surface area contributed by atoms with Gasteiger partial charge in [0.15, 0.2) is 0 Å². The van der Waals surface area contributed by atoms with Crippen LogP contribution >= 0.6 is 11.6 Å². The molecular weight excluding hydrogens is 338 g/mol. The van der Waals surface area contributed by atoms with E-state index in [0.29, 0.717) is 30.6 Å². The molecule has 0 N–H and O–H groups in total. The SMILES string of the molecule is Cn1cc2c(c(Cl)c1=O)CN(CCc1ccc3ccccc3n1)C2=O. The molecule has 0 fully saturated rings. The van der Waals surface area contributed by atoms with Crippen molar-refractivity contribution in [3.63, 3.8) is 0 Å². The Morgan fingerprint density at radius 3 is 2.80 bits per heavy atom. The second kappa shape index (κ2) is 6.01. The van der Waals surface area contributed by atoms with Crippen LogP contribution in [0.15, 0.2) is 47.4 Å². The predicted molar refractivity (Wildman–Crippen MR) is 96.9 cm³/mol. The van der Waals surface area contributed by atoms with Crippen molar-refractivity contribution in [2.75, 3.05) is 6.54 Å². The van der Waals surface area contributed by atoms with E-state index in [1.807, 2.05) is 36.4 Å². The van der Waals surface area contributed by atoms with Crippen LogP contribution in [-0.4, -0.2) is 26.9 Å². The van der Waals surface area contributed by atoms with E-state index in [1.54, 1.807) is 18.1 Å². The van der Waals surface area contributed by atoms with Gasteiger partial charge in [-0.05, 0) is 12.1 Å². The van der Waals surface area contributed by atoms with Gasteiger partial charge in [0.2, 0.25) is 0 Å². The van der Waals surface area contributed by atoms with Crippen molar-refractivity contribution in [2.45, 2.75) is 13.0 Å². The second-order valence-corrected chi connectivity index (χ2v) is 6.60. The second-order valence-electron chi connectivity index (χ2n) is 6.22. The van der Waals surface area contributed by atoms with Gasteiger partial charge in [-0.2, -0.15) is 0 Å². The Morgan fingerprint density at radius 2 is 1.96 bits per heavy atom. The van der Waals surface area contributed by atoms with Crippen LogP contribution in [0, 0.1) is 0 Å². The number of pyridine rings is 2. The number of amides is 1. The number of aryl methyl sites for hydroxylation is 1. The molecule has 0 saturated carbocycles. The third-order valence-corrected chi connectivity index (χ3v) is 4.97. The van der Waals surface area contributed by atoms with Gasteiger partial charge in [0.1, 0.15) is 5.02 Å². The number of hydrogen-bond acceptors (Lipinski definition) is 3. The van der Waals surface area contributed by atoms with Crippen LogP contribution in [-0.2, 0) is 20.0 Å². The summed E-state index contributed by atoms with van der Waals surface area (Å²) in [5.74, 6) is -0.0895. The molecule has 1 amide bonds. The number of rotatable bonds is 3. The maximum absolute atomic E-state index is 12.6. The van der Waals surface area contributed by atoms with E-state index in [1.165, 1.54) is 4.57 Å². The smallest absolute Gasteiger partial charge is 0.269 e. The number of halogens is 1. The fourth-order valence-electron chi connectivity index (χ4n) is 3.18. The standard InChI is InChI=1S/C19H16ClN3O2/c1-22-10-15-14(17(20)19(22)25)11-23(18(15)24)9-8-13-7-6-12-4-2-3-5-16(12)21-13/h2-7,10H,8-9,11H2,1H3. The van der Waals surface area contributed by atoms with E-state index in [0.717, 1.165) is 16.6 Å². The number of nitrogens with zero attached hydrogens (tertiary/aromatic N) is 3. The highest BCUT2D eigenvalue weighted by atomic mass is 35.5. The molecular formula is C19H16ClN3O2. The quantitative estimate of drug-likeness (QED) is 0.727. The van der Waals surface area contributed by atoms with Crippen LogP contribution in [0.25, 0.3) is 10.9 Å². The highest BCUT2D eigenvalue weighted by Gasteiger charge is 2.30. The highest BCUT2D eigenvalue weighted by molar-refractivity contribution is 6.31. The average Bonchev–Trinajstić information content (AvgIpc) is 2.94. The molecule has 5 nitrogen and oxygen atoms in total. The van der Waals surface area contributed by atoms with Gasteiger partial charge in [0, 0.05) is 49.4 Å². The monoisotopic (exact) mass is 353 g/mol. The van der Waals surface area contributed by atoms with Crippen LogP contribution in [0.1, 0.15) is 21.6 Å². The molecule has 3 aromatic rings. The minimum Gasteiger partial charge on any atom is -0.334 e. The Morgan fingerprint density at radius 1 is 1.16 bits per heavy atom. The Hall–Kier alpha value is -2.66. The van der Waals surface area contributed by atoms with E-state index >= 15 is 0 Å². The fourth-order valence-corrected chi connectivity index (χ4v) is 3.48. The summed E-state index contributed by atoms with van der Waals surface area (Å²) in [5, 5.41) is 1.23. The van der Waals surface area contributed by atoms with Crippen LogP contribution in [0.5, 0.6) is 0 Å². The van der Waals surface area contributed by atoms with Crippen LogP contribution in [0.3, 0.4) is 0 Å². The maximum atomic E-state index is 12.6. The Bertz CT molecular complexity index is 1060. The zero-order valence-corrected chi connectivity index (χ0v) is 14.5. The summed E-state index contributed by atoms with van der Waals surface area (Å²) in [5.41, 5.74) is 2.75. The Kier molecular flexibility index (Phi) is 3.81. The van der Waals surface area contributed by atoms with Gasteiger partial charge in [-0.25, -0.2) is 0 Å². The third-order valence-electron chi connectivity index (χ3n) is 4.58. The largest absolute Gasteiger partial charge is 0.334 e. The molecule has 1 aromatic carbocycles. The molecule has 0 radical (unpaired) electrons. The summed E-state index contributed by atoms with van der Waals surface area (Å²) in [4.78, 5) is 30.9. The van der Waals surface area contributed by atoms with Gasteiger partial charge >= 0.3 is 0 Å². The third kappa shape index (κ3) is 2.70. The minimum absolute atomic E-state index is 0.0895. The van der Waals surface area contributed by atoms with Gasteiger partial charge in [-0.1, -0.05) is 35.9 Å². The molecule has 0 aliphatic carbocycles. The van der Waals surface area contributed by atoms with Crippen molar-refractivity contribution < 1.29 is 4.79 Å². The molecule has 126 valence electrons. The lowest BCUT2D eigenvalue weighted by molar-refractivity contribution is 0.0779. The van der Waals surface area contributed by atoms with Gasteiger partial charge < -0.3 is 9.47 Å². The Labute approximate surface area is 149 Å². The van der Waals surface area contributed by atoms with Crippen LogP contribution < -0.4 is 5.56 Å². The van der Waals surface area contributed by atoms with E-state index in [4.69, 9.17) is 11.6 Å². The fraction of sp³-hybridized carbons (Fsp3) is 0.211. The van der Waals surface area contributed by atoms with E-state index in [2.05, 4.69) is 4.98 Å². The first-order valence-corrected chi connectivity index (χ1v) is 8.44. The van der Waals surface area contributed by atoms with Gasteiger partial charge in [-0.3, -0.25) is 14.6 Å². The number of carbonyl (C=O) groups excluding carboxylic acids is 1. The van der Waals surface area contributed by atoms with Gasteiger partial charge in [0.05, 0.1) is 11.1 Å². The minimum atomic E-state index is -0.272. The zero-order valence-electron chi connectivity index (χ0n) is 13.7. The van der Waals surface area contributed by atoms with Crippen molar-refractivity contribution in [1.29, 1.82) is 0 Å². The zero-order chi connectivity index (χ0) is 17.6. The van der Waals surface area contributed by atoms with Crippen molar-refractivity contribution in [3.05, 3.63) is 74.8 Å². The molecule has 2 aromatic heterocycles. The number of fused-ring (bicyclic) bond motifs is 2. The van der Waals surface area contributed by atoms with E-state index in [-0.39, 0.29) is 16.5 Å².